The van der Waals surface area contributed by atoms with Crippen molar-refractivity contribution in [2.24, 2.45) is 0 Å². The number of rotatable bonds is 3. The second-order valence-corrected chi connectivity index (χ2v) is 6.59. The predicted molar refractivity (Wildman–Crippen MR) is 75.9 cm³/mol. The van der Waals surface area contributed by atoms with Gasteiger partial charge in [-0.05, 0) is 42.3 Å². The molecule has 1 heterocycles. The molecule has 0 radical (unpaired) electrons. The lowest BCUT2D eigenvalue weighted by atomic mass is 9.85. The molecule has 0 spiro atoms. The highest BCUT2D eigenvalue weighted by molar-refractivity contribution is 5.28. The van der Waals surface area contributed by atoms with Crippen molar-refractivity contribution in [3.63, 3.8) is 0 Å². The Morgan fingerprint density at radius 1 is 1.22 bits per heavy atom. The number of nitrogens with one attached hydrogen (secondary N) is 1. The van der Waals surface area contributed by atoms with Crippen molar-refractivity contribution in [1.29, 1.82) is 0 Å². The van der Waals surface area contributed by atoms with Crippen LogP contribution in [0, 0.1) is 0 Å². The van der Waals surface area contributed by atoms with Gasteiger partial charge in [-0.25, -0.2) is 0 Å². The first-order valence-corrected chi connectivity index (χ1v) is 6.91. The molecular formula is C16H25NO. The Morgan fingerprint density at radius 3 is 2.33 bits per heavy atom. The Labute approximate surface area is 110 Å². The van der Waals surface area contributed by atoms with Crippen LogP contribution in [0.15, 0.2) is 24.3 Å². The standard InChI is InChI=1S/C16H25NO/c1-15(2,3)14-7-5-13(6-8-14)11-16(12-18)9-4-10-17-16/h5-8,17-18H,4,9-12H2,1-3H3. The van der Waals surface area contributed by atoms with Gasteiger partial charge in [0.15, 0.2) is 0 Å². The van der Waals surface area contributed by atoms with E-state index in [2.05, 4.69) is 50.4 Å². The minimum Gasteiger partial charge on any atom is -0.394 e. The van der Waals surface area contributed by atoms with Crippen LogP contribution in [-0.4, -0.2) is 23.8 Å². The summed E-state index contributed by atoms with van der Waals surface area (Å²) in [4.78, 5) is 0. The molecule has 2 N–H and O–H groups in total. The summed E-state index contributed by atoms with van der Waals surface area (Å²) >= 11 is 0. The Bertz CT molecular complexity index is 383. The smallest absolute Gasteiger partial charge is 0.0616 e. The largest absolute Gasteiger partial charge is 0.394 e. The van der Waals surface area contributed by atoms with E-state index in [1.165, 1.54) is 17.5 Å². The van der Waals surface area contributed by atoms with Gasteiger partial charge in [0.1, 0.15) is 0 Å². The van der Waals surface area contributed by atoms with Gasteiger partial charge in [0, 0.05) is 5.54 Å². The summed E-state index contributed by atoms with van der Waals surface area (Å²) in [6.07, 6.45) is 3.17. The molecule has 1 aromatic carbocycles. The third-order valence-corrected chi connectivity index (χ3v) is 4.00. The third-order valence-electron chi connectivity index (χ3n) is 4.00. The van der Waals surface area contributed by atoms with Gasteiger partial charge < -0.3 is 10.4 Å². The molecule has 2 nitrogen and oxygen atoms in total. The maximum Gasteiger partial charge on any atom is 0.0616 e. The molecule has 0 saturated carbocycles. The van der Waals surface area contributed by atoms with Crippen molar-refractivity contribution in [3.05, 3.63) is 35.4 Å². The molecule has 0 bridgehead atoms. The number of hydrogen-bond acceptors (Lipinski definition) is 2. The Balaban J connectivity index is 2.11. The maximum atomic E-state index is 9.60. The average molecular weight is 247 g/mol. The van der Waals surface area contributed by atoms with Crippen LogP contribution < -0.4 is 5.32 Å². The first-order valence-electron chi connectivity index (χ1n) is 6.91. The first kappa shape index (κ1) is 13.6. The van der Waals surface area contributed by atoms with Gasteiger partial charge in [-0.1, -0.05) is 45.0 Å². The lowest BCUT2D eigenvalue weighted by Crippen LogP contribution is -2.45. The van der Waals surface area contributed by atoms with Gasteiger partial charge in [0.05, 0.1) is 6.61 Å². The van der Waals surface area contributed by atoms with Crippen molar-refractivity contribution in [3.8, 4) is 0 Å². The molecule has 2 heteroatoms. The van der Waals surface area contributed by atoms with Crippen molar-refractivity contribution in [2.45, 2.75) is 51.0 Å². The Morgan fingerprint density at radius 2 is 1.89 bits per heavy atom. The summed E-state index contributed by atoms with van der Waals surface area (Å²) < 4.78 is 0. The normalized spacial score (nSPS) is 24.4. The van der Waals surface area contributed by atoms with E-state index in [1.54, 1.807) is 0 Å². The second-order valence-electron chi connectivity index (χ2n) is 6.59. The lowest BCUT2D eigenvalue weighted by molar-refractivity contribution is 0.177. The molecule has 100 valence electrons. The Hall–Kier alpha value is -0.860. The monoisotopic (exact) mass is 247 g/mol. The van der Waals surface area contributed by atoms with E-state index in [0.717, 1.165) is 19.4 Å². The van der Waals surface area contributed by atoms with Crippen LogP contribution in [0.4, 0.5) is 0 Å². The zero-order valence-electron chi connectivity index (χ0n) is 11.8. The van der Waals surface area contributed by atoms with Crippen molar-refractivity contribution >= 4 is 0 Å². The molecule has 1 aliphatic heterocycles. The van der Waals surface area contributed by atoms with E-state index < -0.39 is 0 Å². The van der Waals surface area contributed by atoms with Crippen LogP contribution in [0.25, 0.3) is 0 Å². The van der Waals surface area contributed by atoms with E-state index in [9.17, 15) is 5.11 Å². The van der Waals surface area contributed by atoms with E-state index in [1.807, 2.05) is 0 Å². The minimum absolute atomic E-state index is 0.0801. The van der Waals surface area contributed by atoms with Gasteiger partial charge in [-0.3, -0.25) is 0 Å². The fraction of sp³-hybridized carbons (Fsp3) is 0.625. The van der Waals surface area contributed by atoms with Gasteiger partial charge in [-0.2, -0.15) is 0 Å². The Kier molecular flexibility index (Phi) is 3.79. The van der Waals surface area contributed by atoms with Gasteiger partial charge in [0.25, 0.3) is 0 Å². The minimum atomic E-state index is -0.0801. The fourth-order valence-corrected chi connectivity index (χ4v) is 2.72. The van der Waals surface area contributed by atoms with Crippen molar-refractivity contribution < 1.29 is 5.11 Å². The van der Waals surface area contributed by atoms with E-state index in [-0.39, 0.29) is 17.6 Å². The average Bonchev–Trinajstić information content (AvgIpc) is 2.78. The topological polar surface area (TPSA) is 32.3 Å². The molecule has 0 amide bonds. The summed E-state index contributed by atoms with van der Waals surface area (Å²) in [5.41, 5.74) is 2.80. The number of aliphatic hydroxyl groups is 1. The van der Waals surface area contributed by atoms with Crippen molar-refractivity contribution in [2.75, 3.05) is 13.2 Å². The van der Waals surface area contributed by atoms with E-state index in [4.69, 9.17) is 0 Å². The zero-order valence-corrected chi connectivity index (χ0v) is 11.8. The molecule has 2 rings (SSSR count). The van der Waals surface area contributed by atoms with Crippen LogP contribution in [0.1, 0.15) is 44.7 Å². The van der Waals surface area contributed by atoms with E-state index >= 15 is 0 Å². The second kappa shape index (κ2) is 5.02. The van der Waals surface area contributed by atoms with Gasteiger partial charge in [0.2, 0.25) is 0 Å². The van der Waals surface area contributed by atoms with Crippen molar-refractivity contribution in [1.82, 2.24) is 5.32 Å². The molecular weight excluding hydrogens is 222 g/mol. The number of hydrogen-bond donors (Lipinski definition) is 2. The summed E-state index contributed by atoms with van der Waals surface area (Å²) in [6.45, 7) is 7.95. The van der Waals surface area contributed by atoms with Crippen LogP contribution in [-0.2, 0) is 11.8 Å². The predicted octanol–water partition coefficient (Wildman–Crippen LogP) is 2.64. The molecule has 0 aliphatic carbocycles. The summed E-state index contributed by atoms with van der Waals surface area (Å²) in [5, 5.41) is 13.1. The number of benzene rings is 1. The molecule has 1 fully saturated rings. The highest BCUT2D eigenvalue weighted by Gasteiger charge is 2.32. The molecule has 0 aromatic heterocycles. The molecule has 1 unspecified atom stereocenters. The number of aliphatic hydroxyl groups excluding tert-OH is 1. The summed E-state index contributed by atoms with van der Waals surface area (Å²) in [7, 11) is 0. The van der Waals surface area contributed by atoms with Crippen LogP contribution >= 0.6 is 0 Å². The molecule has 1 saturated heterocycles. The highest BCUT2D eigenvalue weighted by Crippen LogP contribution is 2.26. The van der Waals surface area contributed by atoms with E-state index in [0.29, 0.717) is 0 Å². The summed E-state index contributed by atoms with van der Waals surface area (Å²) in [6, 6.07) is 8.85. The zero-order chi connectivity index (χ0) is 13.2. The molecule has 1 aliphatic rings. The fourth-order valence-electron chi connectivity index (χ4n) is 2.72. The molecule has 1 aromatic rings. The highest BCUT2D eigenvalue weighted by atomic mass is 16.3. The van der Waals surface area contributed by atoms with Crippen LogP contribution in [0.2, 0.25) is 0 Å². The van der Waals surface area contributed by atoms with Crippen LogP contribution in [0.3, 0.4) is 0 Å². The lowest BCUT2D eigenvalue weighted by Gasteiger charge is -2.27. The quantitative estimate of drug-likeness (QED) is 0.860. The summed E-state index contributed by atoms with van der Waals surface area (Å²) in [5.74, 6) is 0. The first-order chi connectivity index (χ1) is 8.45. The third kappa shape index (κ3) is 2.93. The van der Waals surface area contributed by atoms with Gasteiger partial charge >= 0.3 is 0 Å². The van der Waals surface area contributed by atoms with Gasteiger partial charge in [-0.15, -0.1) is 0 Å². The van der Waals surface area contributed by atoms with Crippen LogP contribution in [0.5, 0.6) is 0 Å². The molecule has 18 heavy (non-hydrogen) atoms. The maximum absolute atomic E-state index is 9.60. The SMILES string of the molecule is CC(C)(C)c1ccc(CC2(CO)CCCN2)cc1. The molecule has 1 atom stereocenters.